The van der Waals surface area contributed by atoms with Crippen LogP contribution < -0.4 is 11.3 Å². The van der Waals surface area contributed by atoms with Gasteiger partial charge in [-0.05, 0) is 18.1 Å². The molecular weight excluding hydrogens is 214 g/mol. The van der Waals surface area contributed by atoms with Crippen LogP contribution in [0.3, 0.4) is 0 Å². The molecule has 0 radical (unpaired) electrons. The minimum absolute atomic E-state index is 0.0796. The van der Waals surface area contributed by atoms with Crippen molar-refractivity contribution in [2.45, 2.75) is 19.5 Å². The van der Waals surface area contributed by atoms with Crippen LogP contribution in [-0.2, 0) is 6.54 Å². The number of hydrogen-bond donors (Lipinski definition) is 1. The number of aryl methyl sites for hydroxylation is 1. The van der Waals surface area contributed by atoms with Gasteiger partial charge in [0.25, 0.3) is 5.56 Å². The average Bonchev–Trinajstić information content (AvgIpc) is 2.32. The number of benzene rings is 1. The summed E-state index contributed by atoms with van der Waals surface area (Å²) in [4.78, 5) is 15.5. The number of nitrogens with zero attached hydrogens (tertiary/aromatic N) is 2. The minimum Gasteiger partial charge on any atom is -0.322 e. The van der Waals surface area contributed by atoms with Gasteiger partial charge in [-0.2, -0.15) is 0 Å². The van der Waals surface area contributed by atoms with Crippen molar-refractivity contribution in [2.75, 3.05) is 0 Å². The third-order valence-electron chi connectivity index (χ3n) is 2.77. The van der Waals surface area contributed by atoms with E-state index >= 15 is 0 Å². The molecule has 0 aliphatic rings. The molecule has 2 aromatic rings. The SMILES string of the molecule is Cc1ccccc1C(N)Cn1cnccc1=O. The first kappa shape index (κ1) is 11.5. The van der Waals surface area contributed by atoms with E-state index in [1.807, 2.05) is 31.2 Å². The minimum atomic E-state index is -0.196. The van der Waals surface area contributed by atoms with Gasteiger partial charge in [0.15, 0.2) is 0 Å². The van der Waals surface area contributed by atoms with Gasteiger partial charge in [-0.1, -0.05) is 24.3 Å². The molecule has 0 aliphatic heterocycles. The zero-order chi connectivity index (χ0) is 12.3. The van der Waals surface area contributed by atoms with Crippen molar-refractivity contribution in [3.05, 3.63) is 64.3 Å². The first-order chi connectivity index (χ1) is 8.18. The van der Waals surface area contributed by atoms with Crippen molar-refractivity contribution in [1.82, 2.24) is 9.55 Å². The first-order valence-electron chi connectivity index (χ1n) is 5.50. The Kier molecular flexibility index (Phi) is 3.35. The number of nitrogens with two attached hydrogens (primary N) is 1. The monoisotopic (exact) mass is 229 g/mol. The molecule has 0 amide bonds. The first-order valence-corrected chi connectivity index (χ1v) is 5.50. The maximum absolute atomic E-state index is 11.5. The Morgan fingerprint density at radius 2 is 2.12 bits per heavy atom. The smallest absolute Gasteiger partial charge is 0.253 e. The topological polar surface area (TPSA) is 60.9 Å². The molecule has 1 heterocycles. The number of rotatable bonds is 3. The predicted molar refractivity (Wildman–Crippen MR) is 66.6 cm³/mol. The van der Waals surface area contributed by atoms with Crippen LogP contribution in [0.4, 0.5) is 0 Å². The van der Waals surface area contributed by atoms with Gasteiger partial charge in [0, 0.05) is 24.8 Å². The summed E-state index contributed by atoms with van der Waals surface area (Å²) in [6.45, 7) is 2.46. The Balaban J connectivity index is 2.23. The highest BCUT2D eigenvalue weighted by Crippen LogP contribution is 2.15. The van der Waals surface area contributed by atoms with Crippen molar-refractivity contribution in [2.24, 2.45) is 5.73 Å². The van der Waals surface area contributed by atoms with Gasteiger partial charge in [0.2, 0.25) is 0 Å². The van der Waals surface area contributed by atoms with Crippen molar-refractivity contribution in [3.63, 3.8) is 0 Å². The Morgan fingerprint density at radius 3 is 2.82 bits per heavy atom. The van der Waals surface area contributed by atoms with E-state index in [9.17, 15) is 4.79 Å². The molecule has 88 valence electrons. The lowest BCUT2D eigenvalue weighted by atomic mass is 10.0. The zero-order valence-corrected chi connectivity index (χ0v) is 9.71. The summed E-state index contributed by atoms with van der Waals surface area (Å²) in [7, 11) is 0. The molecule has 0 saturated carbocycles. The van der Waals surface area contributed by atoms with Crippen LogP contribution >= 0.6 is 0 Å². The summed E-state index contributed by atoms with van der Waals surface area (Å²) in [5.41, 5.74) is 8.22. The molecule has 17 heavy (non-hydrogen) atoms. The summed E-state index contributed by atoms with van der Waals surface area (Å²) in [5, 5.41) is 0. The van der Waals surface area contributed by atoms with E-state index in [1.54, 1.807) is 0 Å². The molecular formula is C13H15N3O. The maximum Gasteiger partial charge on any atom is 0.253 e. The van der Waals surface area contributed by atoms with Gasteiger partial charge < -0.3 is 5.73 Å². The quantitative estimate of drug-likeness (QED) is 0.861. The fourth-order valence-electron chi connectivity index (χ4n) is 1.83. The molecule has 2 rings (SSSR count). The highest BCUT2D eigenvalue weighted by molar-refractivity contribution is 5.28. The fourth-order valence-corrected chi connectivity index (χ4v) is 1.83. The van der Waals surface area contributed by atoms with E-state index in [0.717, 1.165) is 11.1 Å². The van der Waals surface area contributed by atoms with E-state index in [4.69, 9.17) is 5.73 Å². The molecule has 0 bridgehead atoms. The number of hydrogen-bond acceptors (Lipinski definition) is 3. The molecule has 4 heteroatoms. The Hall–Kier alpha value is -1.94. The van der Waals surface area contributed by atoms with E-state index in [0.29, 0.717) is 6.54 Å². The van der Waals surface area contributed by atoms with Crippen molar-refractivity contribution < 1.29 is 0 Å². The van der Waals surface area contributed by atoms with Gasteiger partial charge in [-0.25, -0.2) is 4.98 Å². The second kappa shape index (κ2) is 4.93. The van der Waals surface area contributed by atoms with Gasteiger partial charge in [-0.15, -0.1) is 0 Å². The molecule has 1 aromatic carbocycles. The van der Waals surface area contributed by atoms with Crippen LogP contribution in [0, 0.1) is 6.92 Å². The number of aromatic nitrogens is 2. The standard InChI is InChI=1S/C13H15N3O/c1-10-4-2-3-5-11(10)12(14)8-16-9-15-7-6-13(16)17/h2-7,9,12H,8,14H2,1H3. The molecule has 0 saturated heterocycles. The van der Waals surface area contributed by atoms with Crippen LogP contribution in [-0.4, -0.2) is 9.55 Å². The summed E-state index contributed by atoms with van der Waals surface area (Å²) in [5.74, 6) is 0. The largest absolute Gasteiger partial charge is 0.322 e. The normalized spacial score (nSPS) is 12.4. The van der Waals surface area contributed by atoms with Crippen LogP contribution in [0.25, 0.3) is 0 Å². The van der Waals surface area contributed by atoms with E-state index in [-0.39, 0.29) is 11.6 Å². The molecule has 0 aliphatic carbocycles. The highest BCUT2D eigenvalue weighted by Gasteiger charge is 2.09. The molecule has 0 fully saturated rings. The molecule has 2 N–H and O–H groups in total. The van der Waals surface area contributed by atoms with Crippen molar-refractivity contribution in [3.8, 4) is 0 Å². The molecule has 1 aromatic heterocycles. The van der Waals surface area contributed by atoms with Gasteiger partial charge >= 0.3 is 0 Å². The lowest BCUT2D eigenvalue weighted by Crippen LogP contribution is -2.26. The van der Waals surface area contributed by atoms with Crippen LogP contribution in [0.2, 0.25) is 0 Å². The average molecular weight is 229 g/mol. The van der Waals surface area contributed by atoms with Crippen molar-refractivity contribution >= 4 is 0 Å². The molecule has 0 spiro atoms. The lowest BCUT2D eigenvalue weighted by Gasteiger charge is -2.15. The van der Waals surface area contributed by atoms with E-state index < -0.39 is 0 Å². The predicted octanol–water partition coefficient (Wildman–Crippen LogP) is 1.25. The van der Waals surface area contributed by atoms with Crippen LogP contribution in [0.5, 0.6) is 0 Å². The van der Waals surface area contributed by atoms with Gasteiger partial charge in [-0.3, -0.25) is 9.36 Å². The Labute approximate surface area is 99.7 Å². The second-order valence-corrected chi connectivity index (χ2v) is 4.03. The third-order valence-corrected chi connectivity index (χ3v) is 2.77. The molecule has 1 unspecified atom stereocenters. The summed E-state index contributed by atoms with van der Waals surface area (Å²) in [6, 6.07) is 9.17. The third kappa shape index (κ3) is 2.60. The summed E-state index contributed by atoms with van der Waals surface area (Å²) >= 11 is 0. The van der Waals surface area contributed by atoms with E-state index in [2.05, 4.69) is 4.98 Å². The summed E-state index contributed by atoms with van der Waals surface area (Å²) < 4.78 is 1.52. The Morgan fingerprint density at radius 1 is 1.35 bits per heavy atom. The van der Waals surface area contributed by atoms with Crippen LogP contribution in [0.1, 0.15) is 17.2 Å². The van der Waals surface area contributed by atoms with Crippen LogP contribution in [0.15, 0.2) is 47.7 Å². The Bertz CT molecular complexity index is 562. The lowest BCUT2D eigenvalue weighted by molar-refractivity contribution is 0.552. The van der Waals surface area contributed by atoms with Crippen molar-refractivity contribution in [1.29, 1.82) is 0 Å². The molecule has 4 nitrogen and oxygen atoms in total. The zero-order valence-electron chi connectivity index (χ0n) is 9.71. The second-order valence-electron chi connectivity index (χ2n) is 4.03. The van der Waals surface area contributed by atoms with E-state index in [1.165, 1.54) is 23.2 Å². The summed E-state index contributed by atoms with van der Waals surface area (Å²) in [6.07, 6.45) is 3.00. The maximum atomic E-state index is 11.5. The highest BCUT2D eigenvalue weighted by atomic mass is 16.1. The van der Waals surface area contributed by atoms with Gasteiger partial charge in [0.1, 0.15) is 0 Å². The van der Waals surface area contributed by atoms with Gasteiger partial charge in [0.05, 0.1) is 6.33 Å². The fraction of sp³-hybridized carbons (Fsp3) is 0.231. The molecule has 1 atom stereocenters.